The lowest BCUT2D eigenvalue weighted by Gasteiger charge is -2.41. The van der Waals surface area contributed by atoms with E-state index in [1.165, 1.54) is 32.9 Å². The van der Waals surface area contributed by atoms with Gasteiger partial charge >= 0.3 is 0 Å². The lowest BCUT2D eigenvalue weighted by Crippen LogP contribution is -2.41. The molecule has 1 fully saturated rings. The summed E-state index contributed by atoms with van der Waals surface area (Å²) >= 11 is 0. The van der Waals surface area contributed by atoms with Gasteiger partial charge in [-0.05, 0) is 78.6 Å². The fourth-order valence-electron chi connectivity index (χ4n) is 13.7. The minimum atomic E-state index is -0.917. The van der Waals surface area contributed by atoms with Crippen LogP contribution in [0.1, 0.15) is 48.6 Å². The van der Waals surface area contributed by atoms with E-state index in [-0.39, 0.29) is 5.92 Å². The third-order valence-electron chi connectivity index (χ3n) is 16.3. The summed E-state index contributed by atoms with van der Waals surface area (Å²) in [6.45, 7) is 2.38. The van der Waals surface area contributed by atoms with Gasteiger partial charge in [0.05, 0.1) is 55.6 Å². The highest BCUT2D eigenvalue weighted by Crippen LogP contribution is 2.78. The van der Waals surface area contributed by atoms with Gasteiger partial charge in [0.15, 0.2) is 11.6 Å². The van der Waals surface area contributed by atoms with Crippen LogP contribution in [0.15, 0.2) is 213 Å². The molecule has 0 aliphatic heterocycles. The SMILES string of the molecule is CC1CC=Cc2c1c1ccccc1n2C12CC1(n1c3ccccc3c3ccccc31)C(c1ncccn1)=C(n1c3ccccc3c3ccccc31)C(n1c3ccccc3c3ccccc31)=C2c1ncccn1. The summed E-state index contributed by atoms with van der Waals surface area (Å²) in [4.78, 5) is 21.8. The monoisotopic (exact) mass is 924 g/mol. The highest BCUT2D eigenvalue weighted by atomic mass is 15.3. The zero-order valence-electron chi connectivity index (χ0n) is 39.4. The van der Waals surface area contributed by atoms with Gasteiger partial charge in [-0.25, -0.2) is 19.9 Å². The van der Waals surface area contributed by atoms with Crippen molar-refractivity contribution >= 4 is 105 Å². The number of aromatic nitrogens is 8. The number of hydrogen-bond donors (Lipinski definition) is 0. The average molecular weight is 925 g/mol. The Bertz CT molecular complexity index is 4380. The Morgan fingerprint density at radius 3 is 1.14 bits per heavy atom. The predicted molar refractivity (Wildman–Crippen MR) is 293 cm³/mol. The Morgan fingerprint density at radius 1 is 0.389 bits per heavy atom. The summed E-state index contributed by atoms with van der Waals surface area (Å²) in [5.74, 6) is 1.62. The summed E-state index contributed by atoms with van der Waals surface area (Å²) in [5.41, 5.74) is 12.6. The largest absolute Gasteiger partial charge is 0.327 e. The fraction of sp³-hybridized carbons (Fsp3) is 0.0938. The zero-order chi connectivity index (χ0) is 47.3. The van der Waals surface area contributed by atoms with Gasteiger partial charge < -0.3 is 18.3 Å². The van der Waals surface area contributed by atoms with Gasteiger partial charge in [-0.15, -0.1) is 0 Å². The lowest BCUT2D eigenvalue weighted by atomic mass is 9.81. The molecule has 1 saturated carbocycles. The molecule has 3 aliphatic rings. The van der Waals surface area contributed by atoms with Crippen LogP contribution in [-0.2, 0) is 11.1 Å². The van der Waals surface area contributed by atoms with Crippen molar-refractivity contribution in [3.8, 4) is 0 Å². The van der Waals surface area contributed by atoms with Crippen LogP contribution in [-0.4, -0.2) is 38.2 Å². The van der Waals surface area contributed by atoms with E-state index in [2.05, 4.69) is 207 Å². The molecular weight excluding hydrogens is 881 g/mol. The Kier molecular flexibility index (Phi) is 7.97. The number of allylic oxidation sites excluding steroid dienone is 5. The van der Waals surface area contributed by atoms with Gasteiger partial charge in [-0.2, -0.15) is 0 Å². The quantitative estimate of drug-likeness (QED) is 0.167. The van der Waals surface area contributed by atoms with Crippen LogP contribution < -0.4 is 0 Å². The first-order valence-corrected chi connectivity index (χ1v) is 25.0. The van der Waals surface area contributed by atoms with Crippen molar-refractivity contribution in [3.63, 3.8) is 0 Å². The first-order valence-electron chi connectivity index (χ1n) is 25.0. The van der Waals surface area contributed by atoms with E-state index in [9.17, 15) is 0 Å². The molecule has 7 aromatic carbocycles. The molecule has 6 heterocycles. The number of para-hydroxylation sites is 7. The minimum Gasteiger partial charge on any atom is -0.327 e. The smallest absolute Gasteiger partial charge is 0.159 e. The van der Waals surface area contributed by atoms with Crippen molar-refractivity contribution in [1.29, 1.82) is 0 Å². The van der Waals surface area contributed by atoms with Gasteiger partial charge in [0.1, 0.15) is 11.1 Å². The number of fused-ring (bicyclic) bond motifs is 13. The maximum Gasteiger partial charge on any atom is 0.159 e. The summed E-state index contributed by atoms with van der Waals surface area (Å²) < 4.78 is 10.5. The minimum absolute atomic E-state index is 0.287. The molecule has 340 valence electrons. The highest BCUT2D eigenvalue weighted by Gasteiger charge is 2.79. The van der Waals surface area contributed by atoms with Crippen LogP contribution in [0.2, 0.25) is 0 Å². The van der Waals surface area contributed by atoms with Crippen LogP contribution in [0.4, 0.5) is 0 Å². The Morgan fingerprint density at radius 2 is 0.722 bits per heavy atom. The molecule has 0 bridgehead atoms. The van der Waals surface area contributed by atoms with Crippen LogP contribution in [0.5, 0.6) is 0 Å². The number of hydrogen-bond acceptors (Lipinski definition) is 4. The van der Waals surface area contributed by atoms with Gasteiger partial charge in [-0.1, -0.05) is 140 Å². The molecule has 0 spiro atoms. The molecule has 3 unspecified atom stereocenters. The van der Waals surface area contributed by atoms with E-state index in [0.29, 0.717) is 18.1 Å². The Balaban J connectivity index is 1.25. The summed E-state index contributed by atoms with van der Waals surface area (Å²) in [5, 5.41) is 8.31. The predicted octanol–water partition coefficient (Wildman–Crippen LogP) is 14.7. The van der Waals surface area contributed by atoms with Crippen molar-refractivity contribution in [2.24, 2.45) is 0 Å². The second-order valence-corrected chi connectivity index (χ2v) is 19.8. The second kappa shape index (κ2) is 14.5. The normalized spacial score (nSPS) is 19.7. The third-order valence-corrected chi connectivity index (χ3v) is 16.3. The molecule has 8 heteroatoms. The van der Waals surface area contributed by atoms with Crippen LogP contribution >= 0.6 is 0 Å². The molecule has 13 aromatic rings. The molecule has 0 amide bonds. The van der Waals surface area contributed by atoms with E-state index < -0.39 is 11.1 Å². The van der Waals surface area contributed by atoms with E-state index in [1.54, 1.807) is 0 Å². The summed E-state index contributed by atoms with van der Waals surface area (Å²) in [6, 6.07) is 66.3. The zero-order valence-corrected chi connectivity index (χ0v) is 39.4. The number of nitrogens with zero attached hydrogens (tertiary/aromatic N) is 8. The first kappa shape index (κ1) is 39.7. The maximum absolute atomic E-state index is 5.45. The van der Waals surface area contributed by atoms with Crippen molar-refractivity contribution in [3.05, 3.63) is 236 Å². The molecule has 0 saturated heterocycles. The molecule has 0 radical (unpaired) electrons. The highest BCUT2D eigenvalue weighted by molar-refractivity contribution is 6.27. The molecule has 6 aromatic heterocycles. The van der Waals surface area contributed by atoms with E-state index >= 15 is 0 Å². The lowest BCUT2D eigenvalue weighted by molar-refractivity contribution is 0.482. The topological polar surface area (TPSA) is 71.3 Å². The van der Waals surface area contributed by atoms with Crippen LogP contribution in [0, 0.1) is 0 Å². The molecule has 0 N–H and O–H groups in total. The molecule has 72 heavy (non-hydrogen) atoms. The standard InChI is InChI=1S/C64H44N8/c1-40-19-16-34-55-56(40)47-26-8-15-33-54(47)72(55)64-39-63(64,71-52-31-13-6-24-45(52)46-25-7-14-32-53(46)71)57(61-65-35-17-36-66-61)59(69-48-27-9-2-20-41(48)42-21-3-10-28-49(42)69)60(58(64)62-67-37-18-38-68-62)70-50-29-11-4-22-43(50)44-23-5-12-30-51(44)70/h2-18,20-38,40H,19,39H2,1H3. The molecule has 16 rings (SSSR count). The fourth-order valence-corrected chi connectivity index (χ4v) is 13.7. The molecule has 8 nitrogen and oxygen atoms in total. The Labute approximate surface area is 413 Å². The average Bonchev–Trinajstić information content (AvgIpc) is 3.73. The first-order chi connectivity index (χ1) is 35.7. The second-order valence-electron chi connectivity index (χ2n) is 19.8. The number of rotatable bonds is 6. The third kappa shape index (κ3) is 4.90. The van der Waals surface area contributed by atoms with Gasteiger partial charge in [0, 0.05) is 80.1 Å². The van der Waals surface area contributed by atoms with Crippen molar-refractivity contribution in [2.45, 2.75) is 36.8 Å². The van der Waals surface area contributed by atoms with Gasteiger partial charge in [0.25, 0.3) is 0 Å². The van der Waals surface area contributed by atoms with E-state index in [1.807, 2.05) is 36.9 Å². The van der Waals surface area contributed by atoms with E-state index in [0.717, 1.165) is 83.6 Å². The van der Waals surface area contributed by atoms with Crippen molar-refractivity contribution < 1.29 is 0 Å². The van der Waals surface area contributed by atoms with E-state index in [4.69, 9.17) is 19.9 Å². The van der Waals surface area contributed by atoms with Crippen molar-refractivity contribution in [2.75, 3.05) is 0 Å². The van der Waals surface area contributed by atoms with Crippen molar-refractivity contribution in [1.82, 2.24) is 38.2 Å². The van der Waals surface area contributed by atoms with Crippen LogP contribution in [0.25, 0.3) is 105 Å². The Hall–Kier alpha value is -9.14. The molecule has 3 aliphatic carbocycles. The number of benzene rings is 7. The summed E-state index contributed by atoms with van der Waals surface area (Å²) in [7, 11) is 0. The van der Waals surface area contributed by atoms with Gasteiger partial charge in [-0.3, -0.25) is 0 Å². The molecular formula is C64H44N8. The molecule has 3 atom stereocenters. The van der Waals surface area contributed by atoms with Gasteiger partial charge in [0.2, 0.25) is 0 Å². The maximum atomic E-state index is 5.45. The summed E-state index contributed by atoms with van der Waals surface area (Å²) in [6.07, 6.45) is 14.0. The van der Waals surface area contributed by atoms with Crippen LogP contribution in [0.3, 0.4) is 0 Å².